The van der Waals surface area contributed by atoms with E-state index in [2.05, 4.69) is 0 Å². The molecular weight excluding hydrogens is 272 g/mol. The first kappa shape index (κ1) is 14.4. The van der Waals surface area contributed by atoms with Crippen LogP contribution in [0.1, 0.15) is 11.1 Å². The van der Waals surface area contributed by atoms with Crippen molar-refractivity contribution in [1.29, 1.82) is 0 Å². The second-order valence-electron chi connectivity index (χ2n) is 4.30. The number of esters is 1. The van der Waals surface area contributed by atoms with Gasteiger partial charge >= 0.3 is 5.97 Å². The Bertz CT molecular complexity index is 574. The van der Waals surface area contributed by atoms with Crippen molar-refractivity contribution in [2.75, 3.05) is 6.61 Å². The molecule has 0 saturated carbocycles. The molecule has 20 heavy (non-hydrogen) atoms. The summed E-state index contributed by atoms with van der Waals surface area (Å²) in [6, 6.07) is 17.0. The molecule has 0 radical (unpaired) electrons. The second-order valence-corrected chi connectivity index (χ2v) is 4.74. The third-order valence-electron chi connectivity index (χ3n) is 2.71. The Labute approximate surface area is 123 Å². The van der Waals surface area contributed by atoms with Crippen LogP contribution in [0.5, 0.6) is 0 Å². The summed E-state index contributed by atoms with van der Waals surface area (Å²) >= 11 is 5.78. The van der Waals surface area contributed by atoms with Crippen LogP contribution in [0, 0.1) is 0 Å². The van der Waals surface area contributed by atoms with Gasteiger partial charge in [0.25, 0.3) is 0 Å². The summed E-state index contributed by atoms with van der Waals surface area (Å²) in [5.74, 6) is -0.245. The molecule has 0 amide bonds. The third kappa shape index (κ3) is 4.90. The summed E-state index contributed by atoms with van der Waals surface area (Å²) in [4.78, 5) is 11.6. The third-order valence-corrected chi connectivity index (χ3v) is 2.96. The number of benzene rings is 2. The molecule has 0 atom stereocenters. The van der Waals surface area contributed by atoms with Crippen LogP contribution in [-0.2, 0) is 16.0 Å². The first-order chi connectivity index (χ1) is 9.74. The molecule has 102 valence electrons. The molecule has 0 aromatic heterocycles. The zero-order chi connectivity index (χ0) is 14.2. The Morgan fingerprint density at radius 2 is 1.75 bits per heavy atom. The Morgan fingerprint density at radius 1 is 1.05 bits per heavy atom. The van der Waals surface area contributed by atoms with Gasteiger partial charge in [-0.1, -0.05) is 60.1 Å². The van der Waals surface area contributed by atoms with Crippen molar-refractivity contribution in [3.8, 4) is 0 Å². The van der Waals surface area contributed by atoms with Gasteiger partial charge in [0, 0.05) is 5.02 Å². The smallest absolute Gasteiger partial charge is 0.310 e. The van der Waals surface area contributed by atoms with Gasteiger partial charge in [0.05, 0.1) is 6.42 Å². The topological polar surface area (TPSA) is 26.3 Å². The highest BCUT2D eigenvalue weighted by atomic mass is 35.5. The Morgan fingerprint density at radius 3 is 2.45 bits per heavy atom. The SMILES string of the molecule is O=C(Cc1ccc(Cl)cc1)OCC=Cc1ccccc1. The van der Waals surface area contributed by atoms with E-state index in [1.54, 1.807) is 12.1 Å². The maximum atomic E-state index is 11.6. The van der Waals surface area contributed by atoms with Crippen LogP contribution in [0.15, 0.2) is 60.7 Å². The fourth-order valence-electron chi connectivity index (χ4n) is 1.71. The predicted octanol–water partition coefficient (Wildman–Crippen LogP) is 4.14. The standard InChI is InChI=1S/C17H15ClO2/c18-16-10-8-15(9-11-16)13-17(19)20-12-4-7-14-5-2-1-3-6-14/h1-11H,12-13H2. The lowest BCUT2D eigenvalue weighted by molar-refractivity contribution is -0.141. The Balaban J connectivity index is 1.75. The summed E-state index contributed by atoms with van der Waals surface area (Å²) in [5, 5.41) is 0.660. The molecule has 0 spiro atoms. The summed E-state index contributed by atoms with van der Waals surface area (Å²) < 4.78 is 5.14. The van der Waals surface area contributed by atoms with Crippen LogP contribution in [-0.4, -0.2) is 12.6 Å². The van der Waals surface area contributed by atoms with Crippen LogP contribution < -0.4 is 0 Å². The van der Waals surface area contributed by atoms with E-state index in [4.69, 9.17) is 16.3 Å². The molecule has 0 aliphatic rings. The first-order valence-electron chi connectivity index (χ1n) is 6.36. The fourth-order valence-corrected chi connectivity index (χ4v) is 1.84. The zero-order valence-electron chi connectivity index (χ0n) is 11.0. The molecule has 2 nitrogen and oxygen atoms in total. The zero-order valence-corrected chi connectivity index (χ0v) is 11.7. The van der Waals surface area contributed by atoms with Gasteiger partial charge < -0.3 is 4.74 Å². The van der Waals surface area contributed by atoms with Crippen molar-refractivity contribution < 1.29 is 9.53 Å². The number of hydrogen-bond acceptors (Lipinski definition) is 2. The molecule has 0 N–H and O–H groups in total. The number of hydrogen-bond donors (Lipinski definition) is 0. The average Bonchev–Trinajstić information content (AvgIpc) is 2.47. The van der Waals surface area contributed by atoms with E-state index < -0.39 is 0 Å². The highest BCUT2D eigenvalue weighted by Crippen LogP contribution is 2.10. The molecule has 0 heterocycles. The molecule has 2 aromatic carbocycles. The molecule has 0 unspecified atom stereocenters. The number of halogens is 1. The lowest BCUT2D eigenvalue weighted by atomic mass is 10.1. The van der Waals surface area contributed by atoms with Gasteiger partial charge in [0.1, 0.15) is 6.61 Å². The minimum absolute atomic E-state index is 0.245. The van der Waals surface area contributed by atoms with E-state index in [-0.39, 0.29) is 19.0 Å². The van der Waals surface area contributed by atoms with Crippen LogP contribution in [0.2, 0.25) is 5.02 Å². The summed E-state index contributed by atoms with van der Waals surface area (Å²) in [6.45, 7) is 0.279. The van der Waals surface area contributed by atoms with Gasteiger partial charge in [-0.05, 0) is 29.3 Å². The minimum Gasteiger partial charge on any atom is -0.461 e. The number of carbonyl (C=O) groups is 1. The van der Waals surface area contributed by atoms with Gasteiger partial charge in [-0.15, -0.1) is 0 Å². The molecule has 0 fully saturated rings. The lowest BCUT2D eigenvalue weighted by Crippen LogP contribution is -2.07. The van der Waals surface area contributed by atoms with Crippen molar-refractivity contribution in [2.45, 2.75) is 6.42 Å². The average molecular weight is 287 g/mol. The van der Waals surface area contributed by atoms with Gasteiger partial charge in [0.2, 0.25) is 0 Å². The number of ether oxygens (including phenoxy) is 1. The van der Waals surface area contributed by atoms with E-state index in [1.807, 2.05) is 54.6 Å². The van der Waals surface area contributed by atoms with Gasteiger partial charge in [-0.3, -0.25) is 4.79 Å². The van der Waals surface area contributed by atoms with E-state index in [1.165, 1.54) is 0 Å². The molecule has 2 rings (SSSR count). The summed E-state index contributed by atoms with van der Waals surface area (Å²) in [6.07, 6.45) is 4.01. The van der Waals surface area contributed by atoms with Crippen LogP contribution in [0.3, 0.4) is 0 Å². The second kappa shape index (κ2) is 7.51. The number of rotatable bonds is 5. The van der Waals surface area contributed by atoms with E-state index in [0.29, 0.717) is 5.02 Å². The maximum absolute atomic E-state index is 11.6. The van der Waals surface area contributed by atoms with Gasteiger partial charge in [-0.2, -0.15) is 0 Å². The van der Waals surface area contributed by atoms with E-state index >= 15 is 0 Å². The Hall–Kier alpha value is -2.06. The lowest BCUT2D eigenvalue weighted by Gasteiger charge is -2.02. The molecule has 0 bridgehead atoms. The van der Waals surface area contributed by atoms with Crippen molar-refractivity contribution >= 4 is 23.6 Å². The van der Waals surface area contributed by atoms with Crippen LogP contribution in [0.25, 0.3) is 6.08 Å². The van der Waals surface area contributed by atoms with Gasteiger partial charge in [-0.25, -0.2) is 0 Å². The first-order valence-corrected chi connectivity index (χ1v) is 6.73. The predicted molar refractivity (Wildman–Crippen MR) is 81.6 cm³/mol. The molecular formula is C17H15ClO2. The molecule has 2 aromatic rings. The highest BCUT2D eigenvalue weighted by Gasteiger charge is 2.03. The van der Waals surface area contributed by atoms with E-state index in [9.17, 15) is 4.79 Å². The normalized spacial score (nSPS) is 10.7. The van der Waals surface area contributed by atoms with E-state index in [0.717, 1.165) is 11.1 Å². The largest absolute Gasteiger partial charge is 0.461 e. The molecule has 3 heteroatoms. The van der Waals surface area contributed by atoms with Crippen molar-refractivity contribution in [3.63, 3.8) is 0 Å². The molecule has 0 aliphatic carbocycles. The van der Waals surface area contributed by atoms with Crippen LogP contribution >= 0.6 is 11.6 Å². The monoisotopic (exact) mass is 286 g/mol. The Kier molecular flexibility index (Phi) is 5.39. The molecule has 0 aliphatic heterocycles. The highest BCUT2D eigenvalue weighted by molar-refractivity contribution is 6.30. The van der Waals surface area contributed by atoms with Crippen molar-refractivity contribution in [3.05, 3.63) is 76.8 Å². The number of carbonyl (C=O) groups excluding carboxylic acids is 1. The minimum atomic E-state index is -0.245. The maximum Gasteiger partial charge on any atom is 0.310 e. The van der Waals surface area contributed by atoms with Crippen LogP contribution in [0.4, 0.5) is 0 Å². The summed E-state index contributed by atoms with van der Waals surface area (Å²) in [5.41, 5.74) is 1.98. The van der Waals surface area contributed by atoms with Crippen molar-refractivity contribution in [1.82, 2.24) is 0 Å². The fraction of sp³-hybridized carbons (Fsp3) is 0.118. The van der Waals surface area contributed by atoms with Gasteiger partial charge in [0.15, 0.2) is 0 Å². The quantitative estimate of drug-likeness (QED) is 0.772. The summed E-state index contributed by atoms with van der Waals surface area (Å²) in [7, 11) is 0. The molecule has 0 saturated heterocycles. The van der Waals surface area contributed by atoms with Crippen molar-refractivity contribution in [2.24, 2.45) is 0 Å².